The minimum atomic E-state index is -1.36. The van der Waals surface area contributed by atoms with Gasteiger partial charge in [-0.05, 0) is 29.8 Å². The molecule has 2 aliphatic rings. The van der Waals surface area contributed by atoms with Crippen molar-refractivity contribution >= 4 is 11.8 Å². The molecule has 2 aromatic carbocycles. The van der Waals surface area contributed by atoms with E-state index in [2.05, 4.69) is 20.4 Å². The van der Waals surface area contributed by atoms with Crippen LogP contribution in [0.5, 0.6) is 0 Å². The lowest BCUT2D eigenvalue weighted by Gasteiger charge is -2.47. The number of piperidine rings is 1. The van der Waals surface area contributed by atoms with E-state index < -0.39 is 29.0 Å². The highest BCUT2D eigenvalue weighted by molar-refractivity contribution is 5.94. The predicted molar refractivity (Wildman–Crippen MR) is 142 cm³/mol. The highest BCUT2D eigenvalue weighted by Gasteiger charge is 2.50. The second kappa shape index (κ2) is 10.7. The molecule has 2 aromatic heterocycles. The number of ether oxygens (including phenoxy) is 1. The van der Waals surface area contributed by atoms with E-state index in [9.17, 15) is 23.9 Å². The van der Waals surface area contributed by atoms with Gasteiger partial charge in [0.1, 0.15) is 36.1 Å². The van der Waals surface area contributed by atoms with Crippen LogP contribution in [0.3, 0.4) is 0 Å². The second-order valence-electron chi connectivity index (χ2n) is 9.87. The molecule has 2 N–H and O–H groups in total. The summed E-state index contributed by atoms with van der Waals surface area (Å²) in [6.45, 7) is 0.595. The van der Waals surface area contributed by atoms with Crippen LogP contribution in [-0.2, 0) is 23.4 Å². The van der Waals surface area contributed by atoms with E-state index in [1.807, 2.05) is 6.07 Å². The maximum atomic E-state index is 13.9. The van der Waals surface area contributed by atoms with Crippen molar-refractivity contribution in [2.75, 3.05) is 19.7 Å². The summed E-state index contributed by atoms with van der Waals surface area (Å²) in [4.78, 5) is 49.2. The molecule has 2 amide bonds. The molecule has 4 heterocycles. The summed E-state index contributed by atoms with van der Waals surface area (Å²) in [5.41, 5.74) is -0.507. The van der Waals surface area contributed by atoms with Crippen LogP contribution in [0.15, 0.2) is 72.0 Å². The van der Waals surface area contributed by atoms with E-state index in [-0.39, 0.29) is 56.6 Å². The Bertz CT molecular complexity index is 1660. The number of hydrogen-bond donors (Lipinski definition) is 2. The van der Waals surface area contributed by atoms with Gasteiger partial charge >= 0.3 is 0 Å². The second-order valence-corrected chi connectivity index (χ2v) is 9.87. The largest absolute Gasteiger partial charge is 0.388 e. The van der Waals surface area contributed by atoms with Gasteiger partial charge in [0.25, 0.3) is 17.4 Å². The maximum Gasteiger partial charge on any atom is 0.270 e. The molecule has 1 fully saturated rings. The number of fused-ring (bicyclic) bond motifs is 2. The molecule has 0 bridgehead atoms. The van der Waals surface area contributed by atoms with Crippen LogP contribution in [0.1, 0.15) is 38.7 Å². The van der Waals surface area contributed by atoms with Crippen molar-refractivity contribution in [3.63, 3.8) is 0 Å². The number of carbonyl (C=O) groups excluding carboxylic acids is 2. The Hall–Kier alpha value is -4.75. The molecule has 2 unspecified atom stereocenters. The monoisotopic (exact) mass is 559 g/mol. The lowest BCUT2D eigenvalue weighted by molar-refractivity contribution is -0.178. The Balaban J connectivity index is 1.24. The molecule has 2 aliphatic heterocycles. The van der Waals surface area contributed by atoms with E-state index in [0.717, 1.165) is 6.07 Å². The van der Waals surface area contributed by atoms with Crippen molar-refractivity contribution in [3.05, 3.63) is 106 Å². The Morgan fingerprint density at radius 2 is 1.98 bits per heavy atom. The SMILES string of the molecule is O=C(NCc1ccc(F)cc1-n1cncn1)c1cc(=O)n2c(n1)C1(CCN(C(=O)c3ccccc3)CC1O)OCC2. The summed E-state index contributed by atoms with van der Waals surface area (Å²) in [7, 11) is 0. The quantitative estimate of drug-likeness (QED) is 0.369. The number of aliphatic hydroxyl groups excluding tert-OH is 1. The topological polar surface area (TPSA) is 144 Å². The number of β-amino-alcohol motifs (C(OH)–C–C–N with tert-alkyl or cyclic N) is 1. The van der Waals surface area contributed by atoms with Crippen LogP contribution >= 0.6 is 0 Å². The van der Waals surface area contributed by atoms with Crippen LogP contribution in [-0.4, -0.2) is 71.9 Å². The first kappa shape index (κ1) is 26.5. The van der Waals surface area contributed by atoms with E-state index >= 15 is 0 Å². The van der Waals surface area contributed by atoms with Crippen LogP contribution < -0.4 is 10.9 Å². The van der Waals surface area contributed by atoms with Crippen molar-refractivity contribution in [1.82, 2.24) is 34.5 Å². The molecule has 13 heteroatoms. The molecule has 4 aromatic rings. The number of rotatable bonds is 5. The summed E-state index contributed by atoms with van der Waals surface area (Å²) in [6.07, 6.45) is 1.72. The summed E-state index contributed by atoms with van der Waals surface area (Å²) in [5.74, 6) is -1.19. The number of likely N-dealkylation sites (tertiary alicyclic amines) is 1. The molecule has 1 saturated heterocycles. The van der Waals surface area contributed by atoms with E-state index in [0.29, 0.717) is 16.8 Å². The van der Waals surface area contributed by atoms with Crippen LogP contribution in [0.2, 0.25) is 0 Å². The summed E-state index contributed by atoms with van der Waals surface area (Å²) in [5, 5.41) is 18.0. The maximum absolute atomic E-state index is 13.9. The van der Waals surface area contributed by atoms with Gasteiger partial charge in [-0.3, -0.25) is 19.0 Å². The summed E-state index contributed by atoms with van der Waals surface area (Å²) < 4.78 is 22.8. The van der Waals surface area contributed by atoms with Crippen molar-refractivity contribution in [2.24, 2.45) is 0 Å². The van der Waals surface area contributed by atoms with Crippen LogP contribution in [0.25, 0.3) is 5.69 Å². The van der Waals surface area contributed by atoms with Gasteiger partial charge in [-0.2, -0.15) is 5.10 Å². The number of hydrogen-bond acceptors (Lipinski definition) is 8. The van der Waals surface area contributed by atoms with Gasteiger partial charge in [-0.15, -0.1) is 0 Å². The first-order valence-corrected chi connectivity index (χ1v) is 13.1. The van der Waals surface area contributed by atoms with Crippen molar-refractivity contribution in [3.8, 4) is 5.69 Å². The zero-order valence-electron chi connectivity index (χ0n) is 21.8. The third-order valence-electron chi connectivity index (χ3n) is 7.44. The first-order chi connectivity index (χ1) is 19.9. The Kier molecular flexibility index (Phi) is 6.89. The Morgan fingerprint density at radius 1 is 1.15 bits per heavy atom. The predicted octanol–water partition coefficient (Wildman–Crippen LogP) is 1.03. The van der Waals surface area contributed by atoms with Gasteiger partial charge in [-0.1, -0.05) is 24.3 Å². The molecule has 12 nitrogen and oxygen atoms in total. The fraction of sp³-hybridized carbons (Fsp3) is 0.286. The van der Waals surface area contributed by atoms with Crippen LogP contribution in [0.4, 0.5) is 4.39 Å². The molecule has 210 valence electrons. The van der Waals surface area contributed by atoms with E-state index in [4.69, 9.17) is 4.74 Å². The normalized spacial score (nSPS) is 20.0. The van der Waals surface area contributed by atoms with Gasteiger partial charge < -0.3 is 20.1 Å². The molecular formula is C28H26FN7O5. The molecule has 1 spiro atoms. The molecule has 41 heavy (non-hydrogen) atoms. The molecule has 0 radical (unpaired) electrons. The number of carbonyl (C=O) groups is 2. The fourth-order valence-electron chi connectivity index (χ4n) is 5.34. The standard InChI is InChI=1S/C28H26FN7O5/c29-20-7-6-19(22(12-20)36-17-30-16-32-36)14-31-25(39)21-13-24(38)35-10-11-41-28(27(35)33-21)8-9-34(15-23(28)37)26(40)18-4-2-1-3-5-18/h1-7,12-13,16-17,23,37H,8-11,14-15H2,(H,31,39). The average molecular weight is 560 g/mol. The average Bonchev–Trinajstić information content (AvgIpc) is 3.53. The molecule has 6 rings (SSSR count). The molecular weight excluding hydrogens is 533 g/mol. The van der Waals surface area contributed by atoms with Gasteiger partial charge in [0, 0.05) is 31.1 Å². The van der Waals surface area contributed by atoms with E-state index in [1.165, 1.54) is 45.0 Å². The lowest BCUT2D eigenvalue weighted by Crippen LogP contribution is -2.60. The number of amides is 2. The van der Waals surface area contributed by atoms with Crippen molar-refractivity contribution in [1.29, 1.82) is 0 Å². The Morgan fingerprint density at radius 3 is 2.73 bits per heavy atom. The van der Waals surface area contributed by atoms with Crippen LogP contribution in [0, 0.1) is 5.82 Å². The number of nitrogens with one attached hydrogen (secondary N) is 1. The fourth-order valence-corrected chi connectivity index (χ4v) is 5.34. The highest BCUT2D eigenvalue weighted by atomic mass is 19.1. The van der Waals surface area contributed by atoms with E-state index in [1.54, 1.807) is 24.3 Å². The van der Waals surface area contributed by atoms with Gasteiger partial charge in [0.15, 0.2) is 5.60 Å². The molecule has 0 aliphatic carbocycles. The third-order valence-corrected chi connectivity index (χ3v) is 7.44. The number of nitrogens with zero attached hydrogens (tertiary/aromatic N) is 6. The zero-order valence-corrected chi connectivity index (χ0v) is 21.8. The smallest absolute Gasteiger partial charge is 0.270 e. The number of aromatic nitrogens is 5. The zero-order chi connectivity index (χ0) is 28.6. The minimum Gasteiger partial charge on any atom is -0.388 e. The summed E-state index contributed by atoms with van der Waals surface area (Å²) >= 11 is 0. The molecule has 2 atom stereocenters. The Labute approximate surface area is 233 Å². The minimum absolute atomic E-state index is 0.00473. The summed E-state index contributed by atoms with van der Waals surface area (Å²) in [6, 6.07) is 14.0. The van der Waals surface area contributed by atoms with Crippen molar-refractivity contribution in [2.45, 2.75) is 31.2 Å². The van der Waals surface area contributed by atoms with Gasteiger partial charge in [-0.25, -0.2) is 19.0 Å². The number of aliphatic hydroxyl groups is 1. The highest BCUT2D eigenvalue weighted by Crippen LogP contribution is 2.38. The number of halogens is 1. The first-order valence-electron chi connectivity index (χ1n) is 13.1. The molecule has 0 saturated carbocycles. The van der Waals surface area contributed by atoms with Gasteiger partial charge in [0.2, 0.25) is 0 Å². The van der Waals surface area contributed by atoms with Gasteiger partial charge in [0.05, 0.1) is 25.4 Å². The number of benzene rings is 2. The third kappa shape index (κ3) is 4.89. The van der Waals surface area contributed by atoms with Crippen molar-refractivity contribution < 1.29 is 23.8 Å². The lowest BCUT2D eigenvalue weighted by atomic mass is 9.85.